The van der Waals surface area contributed by atoms with Crippen molar-refractivity contribution >= 4 is 11.8 Å². The molecule has 0 aromatic heterocycles. The zero-order valence-corrected chi connectivity index (χ0v) is 14.4. The summed E-state index contributed by atoms with van der Waals surface area (Å²) in [5, 5.41) is 5.26. The number of hydrogen-bond acceptors (Lipinski definition) is 5. The Hall–Kier alpha value is -3.22. The number of amides is 2. The Morgan fingerprint density at radius 3 is 2.58 bits per heavy atom. The van der Waals surface area contributed by atoms with Gasteiger partial charge in [-0.25, -0.2) is 0 Å². The molecule has 0 unspecified atom stereocenters. The van der Waals surface area contributed by atoms with Crippen molar-refractivity contribution in [1.82, 2.24) is 10.6 Å². The molecule has 7 nitrogen and oxygen atoms in total. The first kappa shape index (κ1) is 17.6. The lowest BCUT2D eigenvalue weighted by atomic mass is 10.2. The average molecular weight is 356 g/mol. The number of rotatable bonds is 7. The van der Waals surface area contributed by atoms with Gasteiger partial charge in [-0.15, -0.1) is 0 Å². The zero-order valence-electron chi connectivity index (χ0n) is 14.4. The Morgan fingerprint density at radius 1 is 1.00 bits per heavy atom. The van der Waals surface area contributed by atoms with Crippen LogP contribution in [-0.4, -0.2) is 31.8 Å². The van der Waals surface area contributed by atoms with Crippen molar-refractivity contribution in [2.45, 2.75) is 13.5 Å². The van der Waals surface area contributed by atoms with Gasteiger partial charge >= 0.3 is 0 Å². The van der Waals surface area contributed by atoms with Gasteiger partial charge in [-0.3, -0.25) is 9.59 Å². The summed E-state index contributed by atoms with van der Waals surface area (Å²) < 4.78 is 15.9. The smallest absolute Gasteiger partial charge is 0.258 e. The summed E-state index contributed by atoms with van der Waals surface area (Å²) in [5.74, 6) is 1.33. The van der Waals surface area contributed by atoms with Gasteiger partial charge in [-0.2, -0.15) is 0 Å². The molecule has 0 spiro atoms. The van der Waals surface area contributed by atoms with E-state index in [9.17, 15) is 9.59 Å². The molecule has 3 rings (SSSR count). The molecule has 1 aliphatic rings. The minimum atomic E-state index is -0.358. The van der Waals surface area contributed by atoms with Crippen molar-refractivity contribution in [1.29, 1.82) is 0 Å². The summed E-state index contributed by atoms with van der Waals surface area (Å²) in [4.78, 5) is 23.6. The molecular weight excluding hydrogens is 336 g/mol. The molecule has 0 radical (unpaired) electrons. The summed E-state index contributed by atoms with van der Waals surface area (Å²) in [6.45, 7) is 2.27. The Labute approximate surface area is 151 Å². The van der Waals surface area contributed by atoms with Crippen molar-refractivity contribution in [2.75, 3.05) is 19.9 Å². The van der Waals surface area contributed by atoms with Crippen LogP contribution in [0.2, 0.25) is 0 Å². The van der Waals surface area contributed by atoms with Gasteiger partial charge < -0.3 is 24.8 Å². The second-order valence-electron chi connectivity index (χ2n) is 5.84. The maximum absolute atomic E-state index is 11.8. The van der Waals surface area contributed by atoms with Crippen molar-refractivity contribution in [3.05, 3.63) is 53.6 Å². The number of aryl methyl sites for hydroxylation is 1. The maximum Gasteiger partial charge on any atom is 0.258 e. The SMILES string of the molecule is Cc1ccc(OCC(=O)NCC(=O)NCc2ccc3c(c2)OCO3)cc1. The summed E-state index contributed by atoms with van der Waals surface area (Å²) >= 11 is 0. The molecule has 0 fully saturated rings. The monoisotopic (exact) mass is 356 g/mol. The Balaban J connectivity index is 1.35. The Morgan fingerprint density at radius 2 is 1.77 bits per heavy atom. The summed E-state index contributed by atoms with van der Waals surface area (Å²) in [6.07, 6.45) is 0. The van der Waals surface area contributed by atoms with E-state index in [4.69, 9.17) is 14.2 Å². The minimum absolute atomic E-state index is 0.110. The minimum Gasteiger partial charge on any atom is -0.484 e. The molecule has 26 heavy (non-hydrogen) atoms. The molecule has 2 amide bonds. The van der Waals surface area contributed by atoms with Gasteiger partial charge in [0.1, 0.15) is 5.75 Å². The van der Waals surface area contributed by atoms with Crippen LogP contribution in [0.4, 0.5) is 0 Å². The Bertz CT molecular complexity index is 789. The molecule has 0 atom stereocenters. The standard InChI is InChI=1S/C19H20N2O5/c1-13-2-5-15(6-3-13)24-11-19(23)21-10-18(22)20-9-14-4-7-16-17(8-14)26-12-25-16/h2-8H,9-12H2,1H3,(H,20,22)(H,21,23). The molecule has 0 bridgehead atoms. The van der Waals surface area contributed by atoms with Crippen molar-refractivity contribution in [3.63, 3.8) is 0 Å². The highest BCUT2D eigenvalue weighted by molar-refractivity contribution is 5.85. The number of benzene rings is 2. The molecule has 1 heterocycles. The fourth-order valence-corrected chi connectivity index (χ4v) is 2.33. The highest BCUT2D eigenvalue weighted by atomic mass is 16.7. The third kappa shape index (κ3) is 4.89. The van der Waals surface area contributed by atoms with Gasteiger partial charge in [0, 0.05) is 6.54 Å². The molecule has 136 valence electrons. The van der Waals surface area contributed by atoms with E-state index in [1.165, 1.54) is 0 Å². The molecule has 1 aliphatic heterocycles. The third-order valence-corrected chi connectivity index (χ3v) is 3.76. The van der Waals surface area contributed by atoms with E-state index in [2.05, 4.69) is 10.6 Å². The van der Waals surface area contributed by atoms with Crippen LogP contribution in [-0.2, 0) is 16.1 Å². The van der Waals surface area contributed by atoms with Crippen LogP contribution in [0.25, 0.3) is 0 Å². The lowest BCUT2D eigenvalue weighted by Gasteiger charge is -2.09. The molecular formula is C19H20N2O5. The number of ether oxygens (including phenoxy) is 3. The molecule has 2 aromatic carbocycles. The lowest BCUT2D eigenvalue weighted by molar-refractivity contribution is -0.127. The topological polar surface area (TPSA) is 85.9 Å². The van der Waals surface area contributed by atoms with Crippen molar-refractivity contribution in [3.8, 4) is 17.2 Å². The number of carbonyl (C=O) groups excluding carboxylic acids is 2. The maximum atomic E-state index is 11.8. The quantitative estimate of drug-likeness (QED) is 0.786. The normalized spacial score (nSPS) is 11.7. The van der Waals surface area contributed by atoms with Crippen molar-refractivity contribution in [2.24, 2.45) is 0 Å². The number of fused-ring (bicyclic) bond motifs is 1. The highest BCUT2D eigenvalue weighted by Crippen LogP contribution is 2.32. The summed E-state index contributed by atoms with van der Waals surface area (Å²) in [6, 6.07) is 12.8. The predicted molar refractivity (Wildman–Crippen MR) is 94.1 cm³/mol. The van der Waals surface area contributed by atoms with Crippen LogP contribution in [0.1, 0.15) is 11.1 Å². The summed E-state index contributed by atoms with van der Waals surface area (Å²) in [5.41, 5.74) is 2.00. The van der Waals surface area contributed by atoms with Gasteiger partial charge in [-0.05, 0) is 36.8 Å². The molecule has 7 heteroatoms. The molecule has 0 saturated carbocycles. The first-order chi connectivity index (χ1) is 12.6. The van der Waals surface area contributed by atoms with Gasteiger partial charge in [0.05, 0.1) is 6.54 Å². The van der Waals surface area contributed by atoms with Gasteiger partial charge in [-0.1, -0.05) is 23.8 Å². The molecule has 0 saturated heterocycles. The number of carbonyl (C=O) groups is 2. The fourth-order valence-electron chi connectivity index (χ4n) is 2.33. The highest BCUT2D eigenvalue weighted by Gasteiger charge is 2.13. The largest absolute Gasteiger partial charge is 0.484 e. The summed E-state index contributed by atoms with van der Waals surface area (Å²) in [7, 11) is 0. The van der Waals surface area contributed by atoms with E-state index in [0.29, 0.717) is 23.8 Å². The van der Waals surface area contributed by atoms with E-state index in [0.717, 1.165) is 11.1 Å². The number of nitrogens with one attached hydrogen (secondary N) is 2. The zero-order chi connectivity index (χ0) is 18.4. The van der Waals surface area contributed by atoms with Crippen LogP contribution in [0.15, 0.2) is 42.5 Å². The van der Waals surface area contributed by atoms with Crippen LogP contribution in [0.3, 0.4) is 0 Å². The number of hydrogen-bond donors (Lipinski definition) is 2. The fraction of sp³-hybridized carbons (Fsp3) is 0.263. The van der Waals surface area contributed by atoms with E-state index in [1.807, 2.05) is 31.2 Å². The lowest BCUT2D eigenvalue weighted by Crippen LogP contribution is -2.38. The van der Waals surface area contributed by atoms with Crippen LogP contribution >= 0.6 is 0 Å². The van der Waals surface area contributed by atoms with Crippen LogP contribution in [0.5, 0.6) is 17.2 Å². The van der Waals surface area contributed by atoms with Crippen molar-refractivity contribution < 1.29 is 23.8 Å². The van der Waals surface area contributed by atoms with E-state index < -0.39 is 0 Å². The van der Waals surface area contributed by atoms with E-state index in [1.54, 1.807) is 18.2 Å². The van der Waals surface area contributed by atoms with Gasteiger partial charge in [0.15, 0.2) is 18.1 Å². The average Bonchev–Trinajstić information content (AvgIpc) is 3.12. The van der Waals surface area contributed by atoms with Gasteiger partial charge in [0.2, 0.25) is 12.7 Å². The third-order valence-electron chi connectivity index (χ3n) is 3.76. The molecule has 2 N–H and O–H groups in total. The van der Waals surface area contributed by atoms with E-state index in [-0.39, 0.29) is 31.8 Å². The van der Waals surface area contributed by atoms with Gasteiger partial charge in [0.25, 0.3) is 5.91 Å². The Kier molecular flexibility index (Phi) is 5.58. The second kappa shape index (κ2) is 8.24. The molecule has 2 aromatic rings. The van der Waals surface area contributed by atoms with E-state index >= 15 is 0 Å². The van der Waals surface area contributed by atoms with Crippen LogP contribution in [0, 0.1) is 6.92 Å². The van der Waals surface area contributed by atoms with Crippen LogP contribution < -0.4 is 24.8 Å². The molecule has 0 aliphatic carbocycles. The first-order valence-electron chi connectivity index (χ1n) is 8.21. The second-order valence-corrected chi connectivity index (χ2v) is 5.84. The first-order valence-corrected chi connectivity index (χ1v) is 8.21. The predicted octanol–water partition coefficient (Wildman–Crippen LogP) is 1.54.